The molecule has 2 atom stereocenters. The fourth-order valence-electron chi connectivity index (χ4n) is 6.38. The van der Waals surface area contributed by atoms with Crippen molar-refractivity contribution in [2.24, 2.45) is 5.92 Å². The van der Waals surface area contributed by atoms with Crippen LogP contribution in [0.1, 0.15) is 67.7 Å². The maximum Gasteiger partial charge on any atom is 0.262 e. The Bertz CT molecular complexity index is 1740. The first-order valence-electron chi connectivity index (χ1n) is 15.2. The van der Waals surface area contributed by atoms with Crippen molar-refractivity contribution in [3.63, 3.8) is 0 Å². The maximum absolute atomic E-state index is 14.0. The van der Waals surface area contributed by atoms with Gasteiger partial charge in [-0.05, 0) is 47.6 Å². The van der Waals surface area contributed by atoms with E-state index in [0.717, 1.165) is 16.7 Å². The van der Waals surface area contributed by atoms with Gasteiger partial charge in [-0.25, -0.2) is 4.98 Å². The number of amides is 2. The number of hydrogen-bond acceptors (Lipinski definition) is 4. The zero-order valence-electron chi connectivity index (χ0n) is 24.9. The molecule has 2 heterocycles. The Labute approximate surface area is 257 Å². The lowest BCUT2D eigenvalue weighted by atomic mass is 9.77. The predicted molar refractivity (Wildman–Crippen MR) is 172 cm³/mol. The molecule has 0 aliphatic carbocycles. The number of aromatic nitrogens is 2. The summed E-state index contributed by atoms with van der Waals surface area (Å²) in [4.78, 5) is 46.3. The first kappa shape index (κ1) is 29.1. The van der Waals surface area contributed by atoms with Gasteiger partial charge in [0, 0.05) is 6.42 Å². The van der Waals surface area contributed by atoms with Gasteiger partial charge in [-0.1, -0.05) is 117 Å². The second-order valence-electron chi connectivity index (χ2n) is 11.8. The molecular weight excluding hydrogens is 548 g/mol. The summed E-state index contributed by atoms with van der Waals surface area (Å²) in [6.07, 6.45) is 0.824. The van der Waals surface area contributed by atoms with Crippen molar-refractivity contribution in [2.45, 2.75) is 50.7 Å². The molecule has 2 N–H and O–H groups in total. The van der Waals surface area contributed by atoms with Gasteiger partial charge in [0.25, 0.3) is 5.56 Å². The molecule has 1 aliphatic heterocycles. The van der Waals surface area contributed by atoms with Crippen molar-refractivity contribution in [1.82, 2.24) is 20.2 Å². The van der Waals surface area contributed by atoms with E-state index in [2.05, 4.69) is 24.5 Å². The number of fused-ring (bicyclic) bond motifs is 2. The summed E-state index contributed by atoms with van der Waals surface area (Å²) in [6, 6.07) is 35.6. The van der Waals surface area contributed by atoms with Crippen LogP contribution in [0.4, 0.5) is 0 Å². The van der Waals surface area contributed by atoms with Crippen molar-refractivity contribution < 1.29 is 9.59 Å². The highest BCUT2D eigenvalue weighted by Gasteiger charge is 2.39. The molecule has 44 heavy (non-hydrogen) atoms. The van der Waals surface area contributed by atoms with E-state index >= 15 is 0 Å². The Hall–Kier alpha value is -5.04. The van der Waals surface area contributed by atoms with E-state index in [0.29, 0.717) is 23.1 Å². The molecule has 0 saturated heterocycles. The maximum atomic E-state index is 14.0. The van der Waals surface area contributed by atoms with E-state index in [9.17, 15) is 14.4 Å². The Kier molecular flexibility index (Phi) is 8.11. The standard InChI is InChI=1S/C37H36N4O3/c1-25(2)24-31-34-38-30-21-13-12-20-29(30)36(44)41(34)32(35(43)39-31)22-23-33(42)40-37(26-14-6-3-7-15-26,27-16-8-4-9-17-27)28-18-10-5-11-19-28/h3-21,25,31-32H,22-24H2,1-2H3,(H,39,43)(H,40,42)/t31-,32+/m1/s1. The number of carbonyl (C=O) groups is 2. The Morgan fingerprint density at radius 2 is 1.34 bits per heavy atom. The molecular formula is C37H36N4O3. The molecule has 0 bridgehead atoms. The number of nitrogens with zero attached hydrogens (tertiary/aromatic N) is 2. The van der Waals surface area contributed by atoms with Crippen LogP contribution in [-0.2, 0) is 15.1 Å². The van der Waals surface area contributed by atoms with Crippen LogP contribution >= 0.6 is 0 Å². The van der Waals surface area contributed by atoms with Gasteiger partial charge >= 0.3 is 0 Å². The van der Waals surface area contributed by atoms with Gasteiger partial charge in [0.1, 0.15) is 17.4 Å². The van der Waals surface area contributed by atoms with Crippen molar-refractivity contribution >= 4 is 22.7 Å². The highest BCUT2D eigenvalue weighted by atomic mass is 16.2. The first-order valence-corrected chi connectivity index (χ1v) is 15.2. The Balaban J connectivity index is 1.37. The van der Waals surface area contributed by atoms with Gasteiger partial charge in [-0.2, -0.15) is 0 Å². The number of carbonyl (C=O) groups excluding carboxylic acids is 2. The van der Waals surface area contributed by atoms with Crippen LogP contribution < -0.4 is 16.2 Å². The molecule has 2 amide bonds. The monoisotopic (exact) mass is 584 g/mol. The number of rotatable bonds is 9. The zero-order chi connectivity index (χ0) is 30.7. The van der Waals surface area contributed by atoms with E-state index in [1.165, 1.54) is 4.57 Å². The van der Waals surface area contributed by atoms with Crippen LogP contribution in [-0.4, -0.2) is 21.4 Å². The molecule has 0 unspecified atom stereocenters. The lowest BCUT2D eigenvalue weighted by Crippen LogP contribution is -2.49. The second-order valence-corrected chi connectivity index (χ2v) is 11.8. The molecule has 7 nitrogen and oxygen atoms in total. The van der Waals surface area contributed by atoms with E-state index in [1.54, 1.807) is 12.1 Å². The predicted octanol–water partition coefficient (Wildman–Crippen LogP) is 6.04. The number of hydrogen-bond donors (Lipinski definition) is 2. The topological polar surface area (TPSA) is 93.1 Å². The fourth-order valence-corrected chi connectivity index (χ4v) is 6.38. The Morgan fingerprint density at radius 1 is 0.818 bits per heavy atom. The minimum atomic E-state index is -0.968. The smallest absolute Gasteiger partial charge is 0.262 e. The third kappa shape index (κ3) is 5.41. The average Bonchev–Trinajstić information content (AvgIpc) is 3.05. The largest absolute Gasteiger partial charge is 0.344 e. The van der Waals surface area contributed by atoms with Gasteiger partial charge in [-0.3, -0.25) is 19.0 Å². The van der Waals surface area contributed by atoms with Crippen LogP contribution in [0.5, 0.6) is 0 Å². The summed E-state index contributed by atoms with van der Waals surface area (Å²) in [5, 5.41) is 6.92. The van der Waals surface area contributed by atoms with Crippen LogP contribution in [0.2, 0.25) is 0 Å². The fraction of sp³-hybridized carbons (Fsp3) is 0.243. The minimum absolute atomic E-state index is 0.0277. The molecule has 7 heteroatoms. The van der Waals surface area contributed by atoms with Crippen LogP contribution in [0.15, 0.2) is 120 Å². The summed E-state index contributed by atoms with van der Waals surface area (Å²) < 4.78 is 1.53. The average molecular weight is 585 g/mol. The van der Waals surface area contributed by atoms with E-state index in [4.69, 9.17) is 4.98 Å². The third-order valence-electron chi connectivity index (χ3n) is 8.38. The first-order chi connectivity index (χ1) is 21.4. The molecule has 0 fully saturated rings. The van der Waals surface area contributed by atoms with Crippen molar-refractivity contribution in [1.29, 1.82) is 0 Å². The summed E-state index contributed by atoms with van der Waals surface area (Å²) in [5.41, 5.74) is 2.11. The Morgan fingerprint density at radius 3 is 1.89 bits per heavy atom. The van der Waals surface area contributed by atoms with Gasteiger partial charge in [-0.15, -0.1) is 0 Å². The van der Waals surface area contributed by atoms with Crippen molar-refractivity contribution in [3.05, 3.63) is 148 Å². The molecule has 4 aromatic carbocycles. The third-order valence-corrected chi connectivity index (χ3v) is 8.38. The van der Waals surface area contributed by atoms with Crippen LogP contribution in [0.25, 0.3) is 10.9 Å². The van der Waals surface area contributed by atoms with Crippen molar-refractivity contribution in [3.8, 4) is 0 Å². The molecule has 0 radical (unpaired) electrons. The molecule has 5 aromatic rings. The summed E-state index contributed by atoms with van der Waals surface area (Å²) in [6.45, 7) is 4.15. The van der Waals surface area contributed by atoms with E-state index in [1.807, 2.05) is 103 Å². The summed E-state index contributed by atoms with van der Waals surface area (Å²) >= 11 is 0. The van der Waals surface area contributed by atoms with Crippen LogP contribution in [0, 0.1) is 5.92 Å². The van der Waals surface area contributed by atoms with Gasteiger partial charge in [0.2, 0.25) is 11.8 Å². The highest BCUT2D eigenvalue weighted by Crippen LogP contribution is 2.37. The molecule has 1 aliphatic rings. The minimum Gasteiger partial charge on any atom is -0.344 e. The van der Waals surface area contributed by atoms with E-state index in [-0.39, 0.29) is 42.2 Å². The highest BCUT2D eigenvalue weighted by molar-refractivity contribution is 5.85. The number of nitrogens with one attached hydrogen (secondary N) is 2. The summed E-state index contributed by atoms with van der Waals surface area (Å²) in [5.74, 6) is 0.318. The number of benzene rings is 4. The zero-order valence-corrected chi connectivity index (χ0v) is 24.9. The van der Waals surface area contributed by atoms with Gasteiger partial charge in [0.05, 0.1) is 16.9 Å². The van der Waals surface area contributed by atoms with Gasteiger partial charge < -0.3 is 10.6 Å². The molecule has 6 rings (SSSR count). The quantitative estimate of drug-likeness (QED) is 0.207. The molecule has 1 aromatic heterocycles. The van der Waals surface area contributed by atoms with E-state index < -0.39 is 11.6 Å². The second kappa shape index (κ2) is 12.3. The normalized spacial score (nSPS) is 16.4. The van der Waals surface area contributed by atoms with Gasteiger partial charge in [0.15, 0.2) is 0 Å². The molecule has 0 spiro atoms. The van der Waals surface area contributed by atoms with Crippen molar-refractivity contribution in [2.75, 3.05) is 0 Å². The summed E-state index contributed by atoms with van der Waals surface area (Å²) in [7, 11) is 0. The molecule has 0 saturated carbocycles. The lowest BCUT2D eigenvalue weighted by Gasteiger charge is -2.37. The number of para-hydroxylation sites is 1. The lowest BCUT2D eigenvalue weighted by molar-refractivity contribution is -0.127. The molecule has 222 valence electrons. The van der Waals surface area contributed by atoms with Crippen LogP contribution in [0.3, 0.4) is 0 Å². The SMILES string of the molecule is CC(C)C[C@H]1NC(=O)[C@H](CCC(=O)NC(c2ccccc2)(c2ccccc2)c2ccccc2)n2c1nc1ccccc1c2=O.